The summed E-state index contributed by atoms with van der Waals surface area (Å²) < 4.78 is 19.9. The maximum atomic E-state index is 13.4. The molecule has 5 heteroatoms. The smallest absolute Gasteiger partial charge is 0.297 e. The lowest BCUT2D eigenvalue weighted by atomic mass is 10.1. The Kier molecular flexibility index (Phi) is 6.99. The van der Waals surface area contributed by atoms with Crippen molar-refractivity contribution in [2.45, 2.75) is 19.8 Å². The lowest BCUT2D eigenvalue weighted by molar-refractivity contribution is 0.254. The summed E-state index contributed by atoms with van der Waals surface area (Å²) in [6.07, 6.45) is 0. The van der Waals surface area contributed by atoms with Gasteiger partial charge >= 0.3 is 0 Å². The second kappa shape index (κ2) is 10.8. The number of ether oxygens (including phenoxy) is 3. The lowest BCUT2D eigenvalue weighted by Gasteiger charge is -2.18. The van der Waals surface area contributed by atoms with Crippen molar-refractivity contribution in [3.63, 3.8) is 0 Å². The summed E-state index contributed by atoms with van der Waals surface area (Å²) in [5.41, 5.74) is 3.49. The van der Waals surface area contributed by atoms with E-state index >= 15 is 0 Å². The highest BCUT2D eigenvalue weighted by Crippen LogP contribution is 2.35. The number of hydrogen-bond donors (Lipinski definition) is 0. The summed E-state index contributed by atoms with van der Waals surface area (Å²) in [5, 5.41) is 0.781. The van der Waals surface area contributed by atoms with Gasteiger partial charge in [-0.2, -0.15) is 0 Å². The zero-order valence-electron chi connectivity index (χ0n) is 20.1. The summed E-state index contributed by atoms with van der Waals surface area (Å²) in [5.74, 6) is 1.30. The predicted molar refractivity (Wildman–Crippen MR) is 142 cm³/mol. The summed E-state index contributed by atoms with van der Waals surface area (Å²) in [6, 6.07) is 35.3. The van der Waals surface area contributed by atoms with Crippen LogP contribution in [0.15, 0.2) is 114 Å². The first kappa shape index (κ1) is 23.2. The van der Waals surface area contributed by atoms with Gasteiger partial charge in [0.15, 0.2) is 5.75 Å². The quantitative estimate of drug-likeness (QED) is 0.251. The number of nitrogens with zero attached hydrogens (tertiary/aromatic N) is 1. The fourth-order valence-corrected chi connectivity index (χ4v) is 4.02. The molecular weight excluding hydrogens is 450 g/mol. The van der Waals surface area contributed by atoms with E-state index in [4.69, 9.17) is 14.2 Å². The lowest BCUT2D eigenvalue weighted by Crippen LogP contribution is -2.21. The van der Waals surface area contributed by atoms with E-state index in [9.17, 15) is 4.79 Å². The van der Waals surface area contributed by atoms with Crippen LogP contribution in [0.1, 0.15) is 16.7 Å². The highest BCUT2D eigenvalue weighted by molar-refractivity contribution is 5.89. The Morgan fingerprint density at radius 1 is 0.583 bits per heavy atom. The Balaban J connectivity index is 1.50. The molecule has 5 nitrogen and oxygen atoms in total. The molecule has 0 aliphatic heterocycles. The van der Waals surface area contributed by atoms with E-state index in [2.05, 4.69) is 0 Å². The second-order valence-corrected chi connectivity index (χ2v) is 8.52. The summed E-state index contributed by atoms with van der Waals surface area (Å²) >= 11 is 0. The Hall–Kier alpha value is -4.51. The molecule has 0 saturated carbocycles. The van der Waals surface area contributed by atoms with Crippen molar-refractivity contribution in [2.24, 2.45) is 7.05 Å². The van der Waals surface area contributed by atoms with Crippen LogP contribution in [0.3, 0.4) is 0 Å². The fourth-order valence-electron chi connectivity index (χ4n) is 4.02. The van der Waals surface area contributed by atoms with Gasteiger partial charge in [-0.3, -0.25) is 4.79 Å². The highest BCUT2D eigenvalue weighted by atomic mass is 16.5. The van der Waals surface area contributed by atoms with Crippen LogP contribution >= 0.6 is 0 Å². The van der Waals surface area contributed by atoms with E-state index in [1.165, 1.54) is 0 Å². The van der Waals surface area contributed by atoms with Crippen LogP contribution in [0.2, 0.25) is 0 Å². The molecule has 0 radical (unpaired) electrons. The molecule has 0 amide bonds. The van der Waals surface area contributed by atoms with Crippen LogP contribution in [0.4, 0.5) is 0 Å². The van der Waals surface area contributed by atoms with Crippen LogP contribution in [0.25, 0.3) is 10.9 Å². The highest BCUT2D eigenvalue weighted by Gasteiger charge is 2.19. The molecule has 0 aliphatic rings. The molecule has 1 aromatic heterocycles. The summed E-state index contributed by atoms with van der Waals surface area (Å²) in [7, 11) is 1.74. The van der Waals surface area contributed by atoms with Crippen molar-refractivity contribution in [1.29, 1.82) is 0 Å². The molecule has 0 fully saturated rings. The number of hydrogen-bond acceptors (Lipinski definition) is 4. The molecule has 5 aromatic rings. The predicted octanol–water partition coefficient (Wildman–Crippen LogP) is 6.28. The molecule has 0 bridgehead atoms. The maximum absolute atomic E-state index is 13.4. The van der Waals surface area contributed by atoms with Crippen molar-refractivity contribution < 1.29 is 14.2 Å². The van der Waals surface area contributed by atoms with Crippen LogP contribution in [0, 0.1) is 0 Å². The Bertz CT molecular complexity index is 1500. The number of aromatic nitrogens is 1. The van der Waals surface area contributed by atoms with Crippen LogP contribution in [-0.4, -0.2) is 4.57 Å². The maximum Gasteiger partial charge on any atom is 0.297 e. The standard InChI is InChI=1S/C31H27NO4/c1-32-28-19-26(34-20-23-11-5-2-6-12-23)17-18-27(28)29(35-21-24-13-7-3-8-14-24)30(31(32)33)36-22-25-15-9-4-10-16-25/h2-19H,20-22H2,1H3. The largest absolute Gasteiger partial charge is 0.489 e. The van der Waals surface area contributed by atoms with Gasteiger partial charge in [0, 0.05) is 18.5 Å². The van der Waals surface area contributed by atoms with Gasteiger partial charge in [-0.15, -0.1) is 0 Å². The first-order chi connectivity index (χ1) is 17.7. The minimum Gasteiger partial charge on any atom is -0.489 e. The van der Waals surface area contributed by atoms with Crippen LogP contribution < -0.4 is 19.8 Å². The molecule has 5 rings (SSSR count). The van der Waals surface area contributed by atoms with Crippen molar-refractivity contribution in [3.05, 3.63) is 136 Å². The normalized spacial score (nSPS) is 10.8. The molecule has 0 unspecified atom stereocenters. The van der Waals surface area contributed by atoms with E-state index in [-0.39, 0.29) is 17.9 Å². The van der Waals surface area contributed by atoms with Gasteiger partial charge in [0.1, 0.15) is 25.6 Å². The van der Waals surface area contributed by atoms with E-state index in [0.29, 0.717) is 30.2 Å². The third-order valence-electron chi connectivity index (χ3n) is 5.98. The van der Waals surface area contributed by atoms with Gasteiger partial charge in [-0.1, -0.05) is 91.0 Å². The third kappa shape index (κ3) is 5.26. The number of aryl methyl sites for hydroxylation is 1. The van der Waals surface area contributed by atoms with Crippen molar-refractivity contribution >= 4 is 10.9 Å². The minimum absolute atomic E-state index is 0.197. The van der Waals surface area contributed by atoms with Crippen LogP contribution in [-0.2, 0) is 26.9 Å². The Morgan fingerprint density at radius 2 is 1.06 bits per heavy atom. The minimum atomic E-state index is -0.262. The molecule has 0 saturated heterocycles. The van der Waals surface area contributed by atoms with Gasteiger partial charge in [-0.25, -0.2) is 0 Å². The Labute approximate surface area is 210 Å². The molecule has 0 aliphatic carbocycles. The molecule has 4 aromatic carbocycles. The average Bonchev–Trinajstić information content (AvgIpc) is 2.94. The molecule has 36 heavy (non-hydrogen) atoms. The van der Waals surface area contributed by atoms with Crippen molar-refractivity contribution in [1.82, 2.24) is 4.57 Å². The van der Waals surface area contributed by atoms with E-state index in [1.54, 1.807) is 11.6 Å². The van der Waals surface area contributed by atoms with E-state index in [1.807, 2.05) is 109 Å². The van der Waals surface area contributed by atoms with Gasteiger partial charge in [0.2, 0.25) is 5.75 Å². The van der Waals surface area contributed by atoms with Crippen molar-refractivity contribution in [3.8, 4) is 17.2 Å². The van der Waals surface area contributed by atoms with Gasteiger partial charge < -0.3 is 18.8 Å². The van der Waals surface area contributed by atoms with Crippen molar-refractivity contribution in [2.75, 3.05) is 0 Å². The number of pyridine rings is 1. The number of fused-ring (bicyclic) bond motifs is 1. The van der Waals surface area contributed by atoms with Gasteiger partial charge in [0.25, 0.3) is 5.56 Å². The first-order valence-electron chi connectivity index (χ1n) is 11.9. The Morgan fingerprint density at radius 3 is 1.58 bits per heavy atom. The fraction of sp³-hybridized carbons (Fsp3) is 0.129. The molecule has 180 valence electrons. The zero-order chi connectivity index (χ0) is 24.7. The topological polar surface area (TPSA) is 49.7 Å². The molecule has 0 spiro atoms. The number of benzene rings is 4. The zero-order valence-corrected chi connectivity index (χ0v) is 20.1. The summed E-state index contributed by atoms with van der Waals surface area (Å²) in [4.78, 5) is 13.4. The first-order valence-corrected chi connectivity index (χ1v) is 11.9. The van der Waals surface area contributed by atoms with Gasteiger partial charge in [-0.05, 0) is 28.8 Å². The molecule has 1 heterocycles. The van der Waals surface area contributed by atoms with Crippen LogP contribution in [0.5, 0.6) is 17.2 Å². The SMILES string of the molecule is Cn1c(=O)c(OCc2ccccc2)c(OCc2ccccc2)c2ccc(OCc3ccccc3)cc21. The second-order valence-electron chi connectivity index (χ2n) is 8.52. The monoisotopic (exact) mass is 477 g/mol. The molecule has 0 N–H and O–H groups in total. The van der Waals surface area contributed by atoms with E-state index in [0.717, 1.165) is 22.1 Å². The van der Waals surface area contributed by atoms with Gasteiger partial charge in [0.05, 0.1) is 5.52 Å². The third-order valence-corrected chi connectivity index (χ3v) is 5.98. The molecular formula is C31H27NO4. The van der Waals surface area contributed by atoms with E-state index < -0.39 is 0 Å². The number of rotatable bonds is 9. The summed E-state index contributed by atoms with van der Waals surface area (Å²) in [6.45, 7) is 1.02. The average molecular weight is 478 g/mol. The molecule has 0 atom stereocenters.